The van der Waals surface area contributed by atoms with E-state index in [1.807, 2.05) is 6.07 Å². The van der Waals surface area contributed by atoms with Crippen LogP contribution in [0.2, 0.25) is 15.1 Å². The minimum absolute atomic E-state index is 0.260. The molecule has 0 unspecified atom stereocenters. The van der Waals surface area contributed by atoms with Crippen LogP contribution in [0.4, 0.5) is 5.69 Å². The van der Waals surface area contributed by atoms with E-state index in [4.69, 9.17) is 34.8 Å². The number of aromatic nitrogens is 3. The summed E-state index contributed by atoms with van der Waals surface area (Å²) in [5.41, 5.74) is 1.34. The Morgan fingerprint density at radius 3 is 2.50 bits per heavy atom. The fourth-order valence-electron chi connectivity index (χ4n) is 2.19. The van der Waals surface area contributed by atoms with E-state index in [9.17, 15) is 4.79 Å². The number of rotatable bonds is 3. The van der Waals surface area contributed by atoms with Gasteiger partial charge in [0.05, 0.1) is 33.2 Å². The molecule has 8 heteroatoms. The van der Waals surface area contributed by atoms with Crippen molar-refractivity contribution in [3.63, 3.8) is 0 Å². The van der Waals surface area contributed by atoms with Crippen LogP contribution >= 0.6 is 34.8 Å². The lowest BCUT2D eigenvalue weighted by molar-refractivity contribution is 0.102. The van der Waals surface area contributed by atoms with E-state index in [0.717, 1.165) is 0 Å². The number of anilines is 1. The number of halogens is 3. The van der Waals surface area contributed by atoms with Crippen LogP contribution in [0, 0.1) is 6.92 Å². The molecule has 0 fully saturated rings. The van der Waals surface area contributed by atoms with Crippen molar-refractivity contribution < 1.29 is 4.79 Å². The summed E-state index contributed by atoms with van der Waals surface area (Å²) in [4.78, 5) is 16.8. The molecule has 0 radical (unpaired) electrons. The van der Waals surface area contributed by atoms with Gasteiger partial charge in [0, 0.05) is 11.2 Å². The Hall–Kier alpha value is -2.08. The lowest BCUT2D eigenvalue weighted by atomic mass is 10.2. The van der Waals surface area contributed by atoms with Crippen molar-refractivity contribution in [2.24, 2.45) is 0 Å². The fourth-order valence-corrected chi connectivity index (χ4v) is 3.10. The minimum atomic E-state index is -0.374. The number of carbonyl (C=O) groups is 1. The van der Waals surface area contributed by atoms with E-state index in [1.165, 1.54) is 18.3 Å². The van der Waals surface area contributed by atoms with Crippen molar-refractivity contribution in [2.75, 3.05) is 5.32 Å². The van der Waals surface area contributed by atoms with Crippen LogP contribution in [0.15, 0.2) is 42.7 Å². The van der Waals surface area contributed by atoms with Crippen LogP contribution in [-0.2, 0) is 0 Å². The number of amides is 1. The highest BCUT2D eigenvalue weighted by Gasteiger charge is 2.18. The van der Waals surface area contributed by atoms with Crippen LogP contribution < -0.4 is 5.32 Å². The van der Waals surface area contributed by atoms with Gasteiger partial charge in [0.15, 0.2) is 5.82 Å². The number of carbonyl (C=O) groups excluding carboxylic acids is 1. The summed E-state index contributed by atoms with van der Waals surface area (Å²) in [5.74, 6) is 0.248. The molecule has 1 N–H and O–H groups in total. The van der Waals surface area contributed by atoms with Gasteiger partial charge in [-0.15, -0.1) is 0 Å². The number of nitrogens with zero attached hydrogens (tertiary/aromatic N) is 3. The first-order valence-corrected chi connectivity index (χ1v) is 8.02. The SMILES string of the molecule is Cc1c(C(=O)Nc2c(Cl)cc(Cl)cc2Cl)cnn1-c1ccccn1. The fraction of sp³-hybridized carbons (Fsp3) is 0.0625. The molecule has 3 rings (SSSR count). The average Bonchev–Trinajstić information content (AvgIpc) is 2.93. The van der Waals surface area contributed by atoms with Gasteiger partial charge >= 0.3 is 0 Å². The van der Waals surface area contributed by atoms with Gasteiger partial charge in [0.25, 0.3) is 5.91 Å². The summed E-state index contributed by atoms with van der Waals surface area (Å²) in [6.07, 6.45) is 3.13. The van der Waals surface area contributed by atoms with Crippen LogP contribution in [0.25, 0.3) is 5.82 Å². The minimum Gasteiger partial charge on any atom is -0.319 e. The molecule has 0 saturated carbocycles. The van der Waals surface area contributed by atoms with E-state index in [0.29, 0.717) is 27.8 Å². The normalized spacial score (nSPS) is 10.7. The number of benzene rings is 1. The van der Waals surface area contributed by atoms with Crippen molar-refractivity contribution in [1.29, 1.82) is 0 Å². The molecule has 1 amide bonds. The summed E-state index contributed by atoms with van der Waals surface area (Å²) in [6.45, 7) is 1.78. The largest absolute Gasteiger partial charge is 0.319 e. The summed E-state index contributed by atoms with van der Waals surface area (Å²) in [5, 5.41) is 7.82. The zero-order chi connectivity index (χ0) is 17.3. The third kappa shape index (κ3) is 3.24. The Morgan fingerprint density at radius 1 is 1.17 bits per heavy atom. The van der Waals surface area contributed by atoms with Crippen LogP contribution in [0.1, 0.15) is 16.1 Å². The average molecular weight is 382 g/mol. The number of hydrogen-bond acceptors (Lipinski definition) is 3. The number of nitrogens with one attached hydrogen (secondary N) is 1. The maximum absolute atomic E-state index is 12.5. The zero-order valence-corrected chi connectivity index (χ0v) is 14.7. The highest BCUT2D eigenvalue weighted by atomic mass is 35.5. The molecule has 2 heterocycles. The Labute approximate surface area is 153 Å². The molecular formula is C16H11Cl3N4O. The smallest absolute Gasteiger partial charge is 0.259 e. The molecule has 24 heavy (non-hydrogen) atoms. The van der Waals surface area contributed by atoms with E-state index in [-0.39, 0.29) is 16.0 Å². The van der Waals surface area contributed by atoms with Gasteiger partial charge in [0.1, 0.15) is 0 Å². The number of pyridine rings is 1. The molecule has 5 nitrogen and oxygen atoms in total. The van der Waals surface area contributed by atoms with Gasteiger partial charge in [-0.2, -0.15) is 5.10 Å². The molecule has 0 aliphatic carbocycles. The first kappa shape index (κ1) is 16.8. The van der Waals surface area contributed by atoms with Crippen LogP contribution in [0.3, 0.4) is 0 Å². The standard InChI is InChI=1S/C16H11Cl3N4O/c1-9-11(8-21-23(9)14-4-2-3-5-20-14)16(24)22-15-12(18)6-10(17)7-13(15)19/h2-8H,1H3,(H,22,24). The Balaban J connectivity index is 1.91. The third-order valence-electron chi connectivity index (χ3n) is 3.37. The molecule has 2 aromatic heterocycles. The molecule has 122 valence electrons. The van der Waals surface area contributed by atoms with Crippen LogP contribution in [0.5, 0.6) is 0 Å². The van der Waals surface area contributed by atoms with Crippen molar-refractivity contribution >= 4 is 46.4 Å². The van der Waals surface area contributed by atoms with Gasteiger partial charge in [-0.3, -0.25) is 4.79 Å². The van der Waals surface area contributed by atoms with Gasteiger partial charge in [-0.1, -0.05) is 40.9 Å². The second-order valence-electron chi connectivity index (χ2n) is 4.94. The lowest BCUT2D eigenvalue weighted by Crippen LogP contribution is -2.14. The van der Waals surface area contributed by atoms with E-state index < -0.39 is 0 Å². The first-order chi connectivity index (χ1) is 11.5. The predicted octanol–water partition coefficient (Wildman–Crippen LogP) is 4.79. The second kappa shape index (κ2) is 6.81. The Kier molecular flexibility index (Phi) is 4.76. The molecular weight excluding hydrogens is 371 g/mol. The molecule has 0 atom stereocenters. The molecule has 0 spiro atoms. The van der Waals surface area contributed by atoms with E-state index in [2.05, 4.69) is 15.4 Å². The van der Waals surface area contributed by atoms with E-state index >= 15 is 0 Å². The van der Waals surface area contributed by atoms with Gasteiger partial charge in [-0.25, -0.2) is 9.67 Å². The predicted molar refractivity (Wildman–Crippen MR) is 95.5 cm³/mol. The zero-order valence-electron chi connectivity index (χ0n) is 12.4. The van der Waals surface area contributed by atoms with E-state index in [1.54, 1.807) is 29.9 Å². The van der Waals surface area contributed by atoms with Gasteiger partial charge < -0.3 is 5.32 Å². The highest BCUT2D eigenvalue weighted by Crippen LogP contribution is 2.34. The van der Waals surface area contributed by atoms with Gasteiger partial charge in [-0.05, 0) is 31.2 Å². The molecule has 0 aliphatic heterocycles. The third-order valence-corrected chi connectivity index (χ3v) is 4.18. The maximum Gasteiger partial charge on any atom is 0.259 e. The van der Waals surface area contributed by atoms with Gasteiger partial charge in [0.2, 0.25) is 0 Å². The summed E-state index contributed by atoms with van der Waals surface area (Å²) in [7, 11) is 0. The second-order valence-corrected chi connectivity index (χ2v) is 6.19. The first-order valence-electron chi connectivity index (χ1n) is 6.89. The van der Waals surface area contributed by atoms with Crippen molar-refractivity contribution in [3.05, 3.63) is 69.1 Å². The van der Waals surface area contributed by atoms with Crippen molar-refractivity contribution in [3.8, 4) is 5.82 Å². The highest BCUT2D eigenvalue weighted by molar-refractivity contribution is 6.42. The van der Waals surface area contributed by atoms with Crippen molar-refractivity contribution in [2.45, 2.75) is 6.92 Å². The molecule has 0 bridgehead atoms. The molecule has 0 saturated heterocycles. The Morgan fingerprint density at radius 2 is 1.88 bits per heavy atom. The maximum atomic E-state index is 12.5. The summed E-state index contributed by atoms with van der Waals surface area (Å²) < 4.78 is 1.58. The number of hydrogen-bond donors (Lipinski definition) is 1. The lowest BCUT2D eigenvalue weighted by Gasteiger charge is -2.10. The topological polar surface area (TPSA) is 59.8 Å². The Bertz CT molecular complexity index is 886. The quantitative estimate of drug-likeness (QED) is 0.709. The molecule has 0 aliphatic rings. The summed E-state index contributed by atoms with van der Waals surface area (Å²) >= 11 is 18.1. The van der Waals surface area contributed by atoms with Crippen LogP contribution in [-0.4, -0.2) is 20.7 Å². The summed E-state index contributed by atoms with van der Waals surface area (Å²) in [6, 6.07) is 8.47. The molecule has 3 aromatic rings. The van der Waals surface area contributed by atoms with Crippen molar-refractivity contribution in [1.82, 2.24) is 14.8 Å². The monoisotopic (exact) mass is 380 g/mol. The molecule has 1 aromatic carbocycles.